The molecule has 0 atom stereocenters. The molecule has 1 N–H and O–H groups in total. The van der Waals surface area contributed by atoms with Gasteiger partial charge in [0.1, 0.15) is 5.75 Å². The Hall–Kier alpha value is -2.56. The van der Waals surface area contributed by atoms with E-state index < -0.39 is 4.92 Å². The van der Waals surface area contributed by atoms with Gasteiger partial charge in [-0.2, -0.15) is 0 Å². The minimum atomic E-state index is -0.413. The van der Waals surface area contributed by atoms with Crippen LogP contribution < -0.4 is 10.1 Å². The van der Waals surface area contributed by atoms with Crippen LogP contribution in [0.4, 0.5) is 11.4 Å². The predicted molar refractivity (Wildman–Crippen MR) is 73.4 cm³/mol. The number of nitrogens with zero attached hydrogens (tertiary/aromatic N) is 1. The molecular weight excluding hydrogens is 244 g/mol. The van der Waals surface area contributed by atoms with Gasteiger partial charge in [0.2, 0.25) is 0 Å². The van der Waals surface area contributed by atoms with Crippen molar-refractivity contribution < 1.29 is 9.66 Å². The van der Waals surface area contributed by atoms with Crippen molar-refractivity contribution in [2.45, 2.75) is 6.54 Å². The van der Waals surface area contributed by atoms with Crippen LogP contribution in [0.3, 0.4) is 0 Å². The number of anilines is 1. The molecule has 0 bridgehead atoms. The molecule has 2 aromatic rings. The molecule has 0 saturated heterocycles. The van der Waals surface area contributed by atoms with Crippen molar-refractivity contribution in [1.82, 2.24) is 0 Å². The Morgan fingerprint density at radius 1 is 1.16 bits per heavy atom. The monoisotopic (exact) mass is 258 g/mol. The summed E-state index contributed by atoms with van der Waals surface area (Å²) in [6.45, 7) is 0.599. The fourth-order valence-corrected chi connectivity index (χ4v) is 1.75. The molecule has 2 rings (SSSR count). The molecule has 0 spiro atoms. The van der Waals surface area contributed by atoms with Crippen LogP contribution in [0, 0.1) is 10.1 Å². The topological polar surface area (TPSA) is 64.4 Å². The first-order valence-electron chi connectivity index (χ1n) is 5.81. The zero-order valence-electron chi connectivity index (χ0n) is 10.5. The first-order valence-corrected chi connectivity index (χ1v) is 5.81. The summed E-state index contributed by atoms with van der Waals surface area (Å²) in [5.41, 5.74) is 1.95. The summed E-state index contributed by atoms with van der Waals surface area (Å²) in [4.78, 5) is 10.1. The second kappa shape index (κ2) is 5.86. The summed E-state index contributed by atoms with van der Waals surface area (Å²) < 4.78 is 5.26. The third-order valence-electron chi connectivity index (χ3n) is 2.75. The first-order chi connectivity index (χ1) is 9.20. The smallest absolute Gasteiger partial charge is 0.269 e. The van der Waals surface area contributed by atoms with Crippen molar-refractivity contribution in [3.8, 4) is 5.75 Å². The molecule has 5 heteroatoms. The van der Waals surface area contributed by atoms with E-state index in [4.69, 9.17) is 4.74 Å². The fraction of sp³-hybridized carbons (Fsp3) is 0.143. The number of nitro benzene ring substituents is 1. The van der Waals surface area contributed by atoms with Crippen LogP contribution in [0.15, 0.2) is 48.5 Å². The molecule has 98 valence electrons. The largest absolute Gasteiger partial charge is 0.496 e. The van der Waals surface area contributed by atoms with E-state index in [1.54, 1.807) is 19.2 Å². The summed E-state index contributed by atoms with van der Waals surface area (Å²) >= 11 is 0. The van der Waals surface area contributed by atoms with Gasteiger partial charge in [-0.25, -0.2) is 0 Å². The summed E-state index contributed by atoms with van der Waals surface area (Å²) in [5.74, 6) is 0.817. The molecule has 0 unspecified atom stereocenters. The summed E-state index contributed by atoms with van der Waals surface area (Å²) in [5, 5.41) is 13.7. The third kappa shape index (κ3) is 3.22. The highest BCUT2D eigenvalue weighted by Gasteiger charge is 2.04. The molecule has 5 nitrogen and oxygen atoms in total. The number of rotatable bonds is 5. The van der Waals surface area contributed by atoms with Gasteiger partial charge in [0.15, 0.2) is 0 Å². The molecule has 0 heterocycles. The molecule has 0 aliphatic carbocycles. The predicted octanol–water partition coefficient (Wildman–Crippen LogP) is 3.22. The molecule has 0 radical (unpaired) electrons. The maximum atomic E-state index is 10.5. The number of hydrogen-bond donors (Lipinski definition) is 1. The van der Waals surface area contributed by atoms with Crippen LogP contribution in [0.1, 0.15) is 5.56 Å². The van der Waals surface area contributed by atoms with Gasteiger partial charge >= 0.3 is 0 Å². The van der Waals surface area contributed by atoms with Crippen LogP contribution in [0.25, 0.3) is 0 Å². The quantitative estimate of drug-likeness (QED) is 0.660. The van der Waals surface area contributed by atoms with Gasteiger partial charge < -0.3 is 10.1 Å². The maximum absolute atomic E-state index is 10.5. The Morgan fingerprint density at radius 2 is 1.84 bits per heavy atom. The highest BCUT2D eigenvalue weighted by molar-refractivity contribution is 5.49. The number of hydrogen-bond acceptors (Lipinski definition) is 4. The molecule has 0 saturated carbocycles. The van der Waals surface area contributed by atoms with Gasteiger partial charge in [-0.15, -0.1) is 0 Å². The van der Waals surface area contributed by atoms with Gasteiger partial charge in [-0.3, -0.25) is 10.1 Å². The Morgan fingerprint density at radius 3 is 2.47 bits per heavy atom. The lowest BCUT2D eigenvalue weighted by Gasteiger charge is -2.10. The zero-order chi connectivity index (χ0) is 13.7. The number of benzene rings is 2. The Labute approximate surface area is 111 Å². The number of methoxy groups -OCH3 is 1. The number of para-hydroxylation sites is 1. The van der Waals surface area contributed by atoms with Crippen LogP contribution in [-0.4, -0.2) is 12.0 Å². The molecule has 0 aliphatic rings. The summed E-state index contributed by atoms with van der Waals surface area (Å²) in [6, 6.07) is 14.0. The second-order valence-electron chi connectivity index (χ2n) is 3.97. The van der Waals surface area contributed by atoms with Crippen LogP contribution >= 0.6 is 0 Å². The number of nitro groups is 1. The van der Waals surface area contributed by atoms with E-state index >= 15 is 0 Å². The zero-order valence-corrected chi connectivity index (χ0v) is 10.5. The minimum absolute atomic E-state index is 0.0860. The molecule has 19 heavy (non-hydrogen) atoms. The van der Waals surface area contributed by atoms with Crippen molar-refractivity contribution in [2.24, 2.45) is 0 Å². The lowest BCUT2D eigenvalue weighted by molar-refractivity contribution is -0.384. The van der Waals surface area contributed by atoms with Gasteiger partial charge in [0.05, 0.1) is 12.0 Å². The van der Waals surface area contributed by atoms with E-state index in [2.05, 4.69) is 5.32 Å². The number of nitrogens with one attached hydrogen (secondary N) is 1. The van der Waals surface area contributed by atoms with Crippen molar-refractivity contribution >= 4 is 11.4 Å². The SMILES string of the molecule is COc1ccccc1CNc1ccc([N+](=O)[O-])cc1. The normalized spacial score (nSPS) is 9.95. The van der Waals surface area contributed by atoms with Crippen molar-refractivity contribution in [3.63, 3.8) is 0 Å². The van der Waals surface area contributed by atoms with E-state index in [1.807, 2.05) is 24.3 Å². The second-order valence-corrected chi connectivity index (χ2v) is 3.97. The first kappa shape index (κ1) is 12.9. The fourth-order valence-electron chi connectivity index (χ4n) is 1.75. The lowest BCUT2D eigenvalue weighted by Crippen LogP contribution is -2.01. The Kier molecular flexibility index (Phi) is 3.97. The van der Waals surface area contributed by atoms with E-state index in [9.17, 15) is 10.1 Å². The summed E-state index contributed by atoms with van der Waals surface area (Å²) in [6.07, 6.45) is 0. The highest BCUT2D eigenvalue weighted by Crippen LogP contribution is 2.20. The van der Waals surface area contributed by atoms with Gasteiger partial charge in [0.25, 0.3) is 5.69 Å². The summed E-state index contributed by atoms with van der Waals surface area (Å²) in [7, 11) is 1.63. The Balaban J connectivity index is 2.04. The standard InChI is InChI=1S/C14H14N2O3/c1-19-14-5-3-2-4-11(14)10-15-12-6-8-13(9-7-12)16(17)18/h2-9,15H,10H2,1H3. The molecule has 0 fully saturated rings. The number of ether oxygens (including phenoxy) is 1. The van der Waals surface area contributed by atoms with Crippen molar-refractivity contribution in [2.75, 3.05) is 12.4 Å². The van der Waals surface area contributed by atoms with Crippen LogP contribution in [-0.2, 0) is 6.54 Å². The van der Waals surface area contributed by atoms with Gasteiger partial charge in [-0.1, -0.05) is 18.2 Å². The minimum Gasteiger partial charge on any atom is -0.496 e. The van der Waals surface area contributed by atoms with E-state index in [1.165, 1.54) is 12.1 Å². The van der Waals surface area contributed by atoms with E-state index in [0.29, 0.717) is 6.54 Å². The molecule has 0 amide bonds. The lowest BCUT2D eigenvalue weighted by atomic mass is 10.2. The number of non-ortho nitro benzene ring substituents is 1. The third-order valence-corrected chi connectivity index (χ3v) is 2.75. The Bertz CT molecular complexity index is 567. The van der Waals surface area contributed by atoms with Crippen molar-refractivity contribution in [1.29, 1.82) is 0 Å². The molecular formula is C14H14N2O3. The van der Waals surface area contributed by atoms with E-state index in [-0.39, 0.29) is 5.69 Å². The van der Waals surface area contributed by atoms with E-state index in [0.717, 1.165) is 17.0 Å². The molecule has 2 aromatic carbocycles. The molecule has 0 aliphatic heterocycles. The van der Waals surface area contributed by atoms with Gasteiger partial charge in [0, 0.05) is 29.9 Å². The maximum Gasteiger partial charge on any atom is 0.269 e. The van der Waals surface area contributed by atoms with Crippen LogP contribution in [0.2, 0.25) is 0 Å². The molecule has 0 aromatic heterocycles. The van der Waals surface area contributed by atoms with Crippen LogP contribution in [0.5, 0.6) is 5.75 Å². The highest BCUT2D eigenvalue weighted by atomic mass is 16.6. The average molecular weight is 258 g/mol. The average Bonchev–Trinajstić information content (AvgIpc) is 2.45. The van der Waals surface area contributed by atoms with Gasteiger partial charge in [-0.05, 0) is 18.2 Å². The van der Waals surface area contributed by atoms with Crippen molar-refractivity contribution in [3.05, 3.63) is 64.2 Å².